The molecule has 0 saturated carbocycles. The highest BCUT2D eigenvalue weighted by Gasteiger charge is 2.26. The highest BCUT2D eigenvalue weighted by atomic mass is 16.5. The van der Waals surface area contributed by atoms with Crippen LogP contribution < -0.4 is 20.3 Å². The average molecular weight is 418 g/mol. The van der Waals surface area contributed by atoms with E-state index < -0.39 is 0 Å². The molecular weight excluding hydrogens is 390 g/mol. The second-order valence-corrected chi connectivity index (χ2v) is 7.53. The maximum atomic E-state index is 12.5. The van der Waals surface area contributed by atoms with Crippen molar-refractivity contribution in [2.24, 2.45) is 5.92 Å². The van der Waals surface area contributed by atoms with E-state index >= 15 is 0 Å². The van der Waals surface area contributed by atoms with E-state index in [-0.39, 0.29) is 11.8 Å². The van der Waals surface area contributed by atoms with E-state index in [0.717, 1.165) is 42.9 Å². The van der Waals surface area contributed by atoms with Crippen molar-refractivity contribution in [1.82, 2.24) is 15.3 Å². The lowest BCUT2D eigenvalue weighted by Crippen LogP contribution is -2.41. The van der Waals surface area contributed by atoms with Crippen LogP contribution in [0.4, 0.5) is 17.5 Å². The second kappa shape index (κ2) is 9.93. The Morgan fingerprint density at radius 3 is 2.58 bits per heavy atom. The summed E-state index contributed by atoms with van der Waals surface area (Å²) in [5.41, 5.74) is 1.96. The quantitative estimate of drug-likeness (QED) is 0.609. The molecule has 3 aromatic rings. The van der Waals surface area contributed by atoms with E-state index in [1.165, 1.54) is 0 Å². The number of carbonyl (C=O) groups excluding carboxylic acids is 1. The van der Waals surface area contributed by atoms with Crippen LogP contribution in [0.25, 0.3) is 0 Å². The molecule has 0 unspecified atom stereocenters. The van der Waals surface area contributed by atoms with Crippen molar-refractivity contribution in [2.75, 3.05) is 30.4 Å². The minimum absolute atomic E-state index is 0.0230. The molecule has 2 heterocycles. The maximum absolute atomic E-state index is 12.5. The van der Waals surface area contributed by atoms with Crippen LogP contribution in [0, 0.1) is 5.92 Å². The van der Waals surface area contributed by atoms with Gasteiger partial charge in [-0.05, 0) is 36.6 Å². The molecule has 31 heavy (non-hydrogen) atoms. The number of carbonyl (C=O) groups is 1. The predicted molar refractivity (Wildman–Crippen MR) is 122 cm³/mol. The van der Waals surface area contributed by atoms with Gasteiger partial charge in [-0.2, -0.15) is 4.98 Å². The fourth-order valence-electron chi connectivity index (χ4n) is 3.73. The number of anilines is 3. The number of aromatic nitrogens is 2. The Morgan fingerprint density at radius 2 is 1.81 bits per heavy atom. The Kier molecular flexibility index (Phi) is 6.62. The van der Waals surface area contributed by atoms with Gasteiger partial charge in [-0.25, -0.2) is 4.98 Å². The molecule has 1 aromatic heterocycles. The number of rotatable bonds is 7. The van der Waals surface area contributed by atoms with E-state index in [9.17, 15) is 4.79 Å². The van der Waals surface area contributed by atoms with Gasteiger partial charge < -0.3 is 20.3 Å². The van der Waals surface area contributed by atoms with Crippen LogP contribution in [0.2, 0.25) is 0 Å². The predicted octanol–water partition coefficient (Wildman–Crippen LogP) is 3.76. The second-order valence-electron chi connectivity index (χ2n) is 7.53. The molecule has 0 bridgehead atoms. The van der Waals surface area contributed by atoms with E-state index in [1.807, 2.05) is 60.7 Å². The van der Waals surface area contributed by atoms with Crippen LogP contribution in [0.15, 0.2) is 66.9 Å². The first kappa shape index (κ1) is 20.7. The normalized spacial score (nSPS) is 14.2. The minimum Gasteiger partial charge on any atom is -0.495 e. The van der Waals surface area contributed by atoms with Gasteiger partial charge in [0.25, 0.3) is 0 Å². The van der Waals surface area contributed by atoms with Gasteiger partial charge >= 0.3 is 0 Å². The van der Waals surface area contributed by atoms with Crippen molar-refractivity contribution in [2.45, 2.75) is 19.4 Å². The largest absolute Gasteiger partial charge is 0.495 e. The summed E-state index contributed by atoms with van der Waals surface area (Å²) < 4.78 is 5.39. The van der Waals surface area contributed by atoms with Gasteiger partial charge in [0.15, 0.2) is 0 Å². The summed E-state index contributed by atoms with van der Waals surface area (Å²) in [4.78, 5) is 23.8. The molecule has 0 atom stereocenters. The highest BCUT2D eigenvalue weighted by molar-refractivity contribution is 5.79. The molecule has 0 aliphatic carbocycles. The first-order valence-corrected chi connectivity index (χ1v) is 10.5. The summed E-state index contributed by atoms with van der Waals surface area (Å²) in [6, 6.07) is 19.5. The van der Waals surface area contributed by atoms with Gasteiger partial charge in [-0.15, -0.1) is 0 Å². The molecular formula is C24H27N5O2. The van der Waals surface area contributed by atoms with E-state index in [2.05, 4.69) is 25.5 Å². The number of para-hydroxylation sites is 2. The lowest BCUT2D eigenvalue weighted by atomic mass is 9.96. The lowest BCUT2D eigenvalue weighted by molar-refractivity contribution is -0.125. The zero-order valence-corrected chi connectivity index (χ0v) is 17.6. The Hall–Kier alpha value is -3.61. The molecule has 0 spiro atoms. The van der Waals surface area contributed by atoms with E-state index in [0.29, 0.717) is 18.3 Å². The van der Waals surface area contributed by atoms with Gasteiger partial charge in [0.1, 0.15) is 11.6 Å². The Labute approximate surface area is 182 Å². The van der Waals surface area contributed by atoms with Crippen LogP contribution in [0.3, 0.4) is 0 Å². The molecule has 1 amide bonds. The number of hydrogen-bond acceptors (Lipinski definition) is 6. The van der Waals surface area contributed by atoms with Crippen LogP contribution in [-0.4, -0.2) is 36.1 Å². The summed E-state index contributed by atoms with van der Waals surface area (Å²) in [7, 11) is 1.64. The molecule has 1 aliphatic heterocycles. The molecule has 7 nitrogen and oxygen atoms in total. The summed E-state index contributed by atoms with van der Waals surface area (Å²) in [6.07, 6.45) is 3.32. The number of methoxy groups -OCH3 is 1. The van der Waals surface area contributed by atoms with Gasteiger partial charge in [-0.1, -0.05) is 42.5 Å². The van der Waals surface area contributed by atoms with Gasteiger partial charge in [0.05, 0.1) is 12.8 Å². The third-order valence-electron chi connectivity index (χ3n) is 5.47. The molecule has 7 heteroatoms. The lowest BCUT2D eigenvalue weighted by Gasteiger charge is -2.31. The van der Waals surface area contributed by atoms with Crippen LogP contribution >= 0.6 is 0 Å². The molecule has 0 radical (unpaired) electrons. The van der Waals surface area contributed by atoms with Crippen LogP contribution in [0.1, 0.15) is 18.4 Å². The van der Waals surface area contributed by atoms with Gasteiger partial charge in [0.2, 0.25) is 11.9 Å². The van der Waals surface area contributed by atoms with Gasteiger partial charge in [0, 0.05) is 31.7 Å². The third kappa shape index (κ3) is 5.31. The number of amides is 1. The fourth-order valence-corrected chi connectivity index (χ4v) is 3.73. The molecule has 160 valence electrons. The number of hydrogen-bond donors (Lipinski definition) is 2. The fraction of sp³-hybridized carbons (Fsp3) is 0.292. The topological polar surface area (TPSA) is 79.4 Å². The third-order valence-corrected chi connectivity index (χ3v) is 5.47. The average Bonchev–Trinajstić information content (AvgIpc) is 2.84. The van der Waals surface area contributed by atoms with Crippen molar-refractivity contribution in [3.05, 3.63) is 72.4 Å². The first-order chi connectivity index (χ1) is 15.2. The zero-order chi connectivity index (χ0) is 21.5. The summed E-state index contributed by atoms with van der Waals surface area (Å²) in [6.45, 7) is 2.07. The number of benzene rings is 2. The van der Waals surface area contributed by atoms with Crippen LogP contribution in [-0.2, 0) is 11.3 Å². The number of ether oxygens (including phenoxy) is 1. The van der Waals surface area contributed by atoms with Crippen LogP contribution in [0.5, 0.6) is 5.75 Å². The summed E-state index contributed by atoms with van der Waals surface area (Å²) in [5.74, 6) is 2.27. The van der Waals surface area contributed by atoms with E-state index in [4.69, 9.17) is 4.74 Å². The van der Waals surface area contributed by atoms with Crippen molar-refractivity contribution in [1.29, 1.82) is 0 Å². The van der Waals surface area contributed by atoms with Gasteiger partial charge in [-0.3, -0.25) is 4.79 Å². The molecule has 1 aliphatic rings. The Bertz CT molecular complexity index is 1000. The summed E-state index contributed by atoms with van der Waals surface area (Å²) in [5, 5.41) is 6.36. The molecule has 2 aromatic carbocycles. The highest BCUT2D eigenvalue weighted by Crippen LogP contribution is 2.27. The number of piperidine rings is 1. The first-order valence-electron chi connectivity index (χ1n) is 10.5. The molecule has 1 fully saturated rings. The monoisotopic (exact) mass is 417 g/mol. The maximum Gasteiger partial charge on any atom is 0.227 e. The molecule has 1 saturated heterocycles. The molecule has 4 rings (SSSR count). The van der Waals surface area contributed by atoms with Crippen molar-refractivity contribution in [3.63, 3.8) is 0 Å². The summed E-state index contributed by atoms with van der Waals surface area (Å²) >= 11 is 0. The number of nitrogens with zero attached hydrogens (tertiary/aromatic N) is 3. The van der Waals surface area contributed by atoms with Crippen molar-refractivity contribution in [3.8, 4) is 5.75 Å². The standard InChI is InChI=1S/C24H27N5O2/c1-31-21-10-6-5-9-20(21)27-22-11-14-25-24(28-22)29-15-12-19(13-16-29)23(30)26-17-18-7-3-2-4-8-18/h2-11,14,19H,12-13,15-17H2,1H3,(H,26,30)(H,25,27,28). The number of nitrogens with one attached hydrogen (secondary N) is 2. The minimum atomic E-state index is 0.0230. The Morgan fingerprint density at radius 1 is 1.06 bits per heavy atom. The SMILES string of the molecule is COc1ccccc1Nc1ccnc(N2CCC(C(=O)NCc3ccccc3)CC2)n1. The van der Waals surface area contributed by atoms with Crippen molar-refractivity contribution >= 4 is 23.4 Å². The van der Waals surface area contributed by atoms with E-state index in [1.54, 1.807) is 13.3 Å². The smallest absolute Gasteiger partial charge is 0.227 e. The van der Waals surface area contributed by atoms with Crippen molar-refractivity contribution < 1.29 is 9.53 Å². The molecule has 2 N–H and O–H groups in total. The zero-order valence-electron chi connectivity index (χ0n) is 17.6. The Balaban J connectivity index is 1.32.